The van der Waals surface area contributed by atoms with Crippen LogP contribution in [-0.4, -0.2) is 19.2 Å². The van der Waals surface area contributed by atoms with E-state index < -0.39 is 5.82 Å². The van der Waals surface area contributed by atoms with Crippen LogP contribution < -0.4 is 20.7 Å². The molecule has 0 aliphatic rings. The van der Waals surface area contributed by atoms with Gasteiger partial charge in [0.2, 0.25) is 0 Å². The lowest BCUT2D eigenvalue weighted by atomic mass is 10.0. The highest BCUT2D eigenvalue weighted by atomic mass is 19.1. The first-order valence-electron chi connectivity index (χ1n) is 5.98. The molecule has 3 N–H and O–H groups in total. The SMILES string of the molecule is COc1cncc(C(NN)c2ccc(F)c(OC)c2)c1. The van der Waals surface area contributed by atoms with Crippen LogP contribution in [-0.2, 0) is 0 Å². The minimum Gasteiger partial charge on any atom is -0.495 e. The normalized spacial score (nSPS) is 12.0. The van der Waals surface area contributed by atoms with E-state index in [1.54, 1.807) is 31.6 Å². The van der Waals surface area contributed by atoms with Gasteiger partial charge < -0.3 is 9.47 Å². The first-order valence-corrected chi connectivity index (χ1v) is 5.98. The number of methoxy groups -OCH3 is 2. The number of nitrogens with zero attached hydrogens (tertiary/aromatic N) is 1. The van der Waals surface area contributed by atoms with Crippen molar-refractivity contribution in [2.24, 2.45) is 5.84 Å². The largest absolute Gasteiger partial charge is 0.495 e. The van der Waals surface area contributed by atoms with Crippen molar-refractivity contribution in [2.75, 3.05) is 14.2 Å². The number of ether oxygens (including phenoxy) is 2. The summed E-state index contributed by atoms with van der Waals surface area (Å²) in [6, 6.07) is 6.05. The molecule has 1 atom stereocenters. The molecular weight excluding hydrogens is 261 g/mol. The number of hydrogen-bond acceptors (Lipinski definition) is 5. The third kappa shape index (κ3) is 2.87. The number of halogens is 1. The number of hydrazine groups is 1. The summed E-state index contributed by atoms with van der Waals surface area (Å²) in [5, 5.41) is 0. The molecule has 0 bridgehead atoms. The Bertz CT molecular complexity index is 592. The van der Waals surface area contributed by atoms with E-state index in [4.69, 9.17) is 15.3 Å². The van der Waals surface area contributed by atoms with E-state index >= 15 is 0 Å². The first-order chi connectivity index (χ1) is 9.69. The van der Waals surface area contributed by atoms with Crippen LogP contribution in [0.2, 0.25) is 0 Å². The molecule has 0 saturated carbocycles. The van der Waals surface area contributed by atoms with Gasteiger partial charge in [-0.1, -0.05) is 6.07 Å². The summed E-state index contributed by atoms with van der Waals surface area (Å²) in [7, 11) is 2.98. The van der Waals surface area contributed by atoms with Crippen molar-refractivity contribution in [3.63, 3.8) is 0 Å². The van der Waals surface area contributed by atoms with E-state index in [1.807, 2.05) is 6.07 Å². The number of nitrogens with one attached hydrogen (secondary N) is 1. The molecule has 1 unspecified atom stereocenters. The molecule has 106 valence electrons. The number of hydrogen-bond donors (Lipinski definition) is 2. The van der Waals surface area contributed by atoms with Crippen molar-refractivity contribution in [3.05, 3.63) is 53.6 Å². The van der Waals surface area contributed by atoms with Crippen LogP contribution in [0.5, 0.6) is 11.5 Å². The van der Waals surface area contributed by atoms with Crippen LogP contribution in [0.15, 0.2) is 36.7 Å². The monoisotopic (exact) mass is 277 g/mol. The fourth-order valence-corrected chi connectivity index (χ4v) is 1.95. The molecule has 1 aromatic carbocycles. The molecule has 1 aromatic heterocycles. The van der Waals surface area contributed by atoms with E-state index in [9.17, 15) is 4.39 Å². The van der Waals surface area contributed by atoms with Gasteiger partial charge in [-0.2, -0.15) is 0 Å². The molecule has 0 aliphatic carbocycles. The Labute approximate surface area is 116 Å². The molecule has 2 rings (SSSR count). The number of benzene rings is 1. The fraction of sp³-hybridized carbons (Fsp3) is 0.214. The molecule has 0 aliphatic heterocycles. The van der Waals surface area contributed by atoms with E-state index in [1.165, 1.54) is 13.2 Å². The second-order valence-corrected chi connectivity index (χ2v) is 4.15. The third-order valence-electron chi connectivity index (χ3n) is 2.98. The summed E-state index contributed by atoms with van der Waals surface area (Å²) in [4.78, 5) is 4.08. The number of nitrogens with two attached hydrogens (primary N) is 1. The molecule has 0 fully saturated rings. The molecule has 0 spiro atoms. The Morgan fingerprint density at radius 3 is 2.60 bits per heavy atom. The number of pyridine rings is 1. The maximum Gasteiger partial charge on any atom is 0.165 e. The maximum absolute atomic E-state index is 13.4. The second kappa shape index (κ2) is 6.31. The lowest BCUT2D eigenvalue weighted by Crippen LogP contribution is -2.29. The van der Waals surface area contributed by atoms with Gasteiger partial charge in [-0.3, -0.25) is 10.8 Å². The molecule has 0 radical (unpaired) electrons. The topological polar surface area (TPSA) is 69.4 Å². The molecule has 0 amide bonds. The third-order valence-corrected chi connectivity index (χ3v) is 2.98. The molecule has 2 aromatic rings. The molecule has 5 nitrogen and oxygen atoms in total. The van der Waals surface area contributed by atoms with Crippen LogP contribution in [0.4, 0.5) is 4.39 Å². The smallest absolute Gasteiger partial charge is 0.165 e. The van der Waals surface area contributed by atoms with Gasteiger partial charge in [-0.05, 0) is 29.3 Å². The van der Waals surface area contributed by atoms with Gasteiger partial charge >= 0.3 is 0 Å². The first kappa shape index (κ1) is 14.2. The minimum absolute atomic E-state index is 0.165. The van der Waals surface area contributed by atoms with Gasteiger partial charge in [0, 0.05) is 6.20 Å². The van der Waals surface area contributed by atoms with Crippen LogP contribution in [0.25, 0.3) is 0 Å². The van der Waals surface area contributed by atoms with E-state index in [-0.39, 0.29) is 11.8 Å². The fourth-order valence-electron chi connectivity index (χ4n) is 1.95. The standard InChI is InChI=1S/C14H16FN3O2/c1-19-11-5-10(7-17-8-11)14(18-16)9-3-4-12(15)13(6-9)20-2/h3-8,14,18H,16H2,1-2H3. The van der Waals surface area contributed by atoms with Gasteiger partial charge in [-0.25, -0.2) is 9.82 Å². The Morgan fingerprint density at radius 2 is 1.95 bits per heavy atom. The molecular formula is C14H16FN3O2. The quantitative estimate of drug-likeness (QED) is 0.644. The number of rotatable bonds is 5. The van der Waals surface area contributed by atoms with Gasteiger partial charge in [0.05, 0.1) is 26.5 Å². The predicted octanol–water partition coefficient (Wildman–Crippen LogP) is 1.79. The Balaban J connectivity index is 2.41. The van der Waals surface area contributed by atoms with Crippen molar-refractivity contribution in [1.82, 2.24) is 10.4 Å². The zero-order valence-corrected chi connectivity index (χ0v) is 11.3. The highest BCUT2D eigenvalue weighted by molar-refractivity contribution is 5.38. The predicted molar refractivity (Wildman–Crippen MR) is 72.9 cm³/mol. The molecule has 6 heteroatoms. The van der Waals surface area contributed by atoms with E-state index in [2.05, 4.69) is 10.4 Å². The Hall–Kier alpha value is -2.18. The Kier molecular flexibility index (Phi) is 4.49. The second-order valence-electron chi connectivity index (χ2n) is 4.15. The van der Waals surface area contributed by atoms with Gasteiger partial charge in [0.1, 0.15) is 5.75 Å². The summed E-state index contributed by atoms with van der Waals surface area (Å²) in [6.45, 7) is 0. The van der Waals surface area contributed by atoms with Crippen LogP contribution in [0.3, 0.4) is 0 Å². The maximum atomic E-state index is 13.4. The zero-order chi connectivity index (χ0) is 14.5. The average Bonchev–Trinajstić information content (AvgIpc) is 2.50. The van der Waals surface area contributed by atoms with Crippen molar-refractivity contribution in [3.8, 4) is 11.5 Å². The molecule has 1 heterocycles. The summed E-state index contributed by atoms with van der Waals surface area (Å²) in [6.07, 6.45) is 3.27. The summed E-state index contributed by atoms with van der Waals surface area (Å²) < 4.78 is 23.6. The van der Waals surface area contributed by atoms with Crippen LogP contribution in [0, 0.1) is 5.82 Å². The molecule has 0 saturated heterocycles. The summed E-state index contributed by atoms with van der Waals surface area (Å²) in [5.74, 6) is 5.97. The van der Waals surface area contributed by atoms with E-state index in [0.717, 1.165) is 11.1 Å². The number of aromatic nitrogens is 1. The van der Waals surface area contributed by atoms with Gasteiger partial charge in [-0.15, -0.1) is 0 Å². The Morgan fingerprint density at radius 1 is 1.15 bits per heavy atom. The van der Waals surface area contributed by atoms with Crippen LogP contribution in [0.1, 0.15) is 17.2 Å². The van der Waals surface area contributed by atoms with E-state index in [0.29, 0.717) is 5.75 Å². The van der Waals surface area contributed by atoms with Crippen molar-refractivity contribution in [1.29, 1.82) is 0 Å². The highest BCUT2D eigenvalue weighted by Crippen LogP contribution is 2.27. The summed E-state index contributed by atoms with van der Waals surface area (Å²) in [5.41, 5.74) is 4.25. The molecule has 20 heavy (non-hydrogen) atoms. The lowest BCUT2D eigenvalue weighted by Gasteiger charge is -2.18. The van der Waals surface area contributed by atoms with Gasteiger partial charge in [0.25, 0.3) is 0 Å². The van der Waals surface area contributed by atoms with Crippen molar-refractivity contribution in [2.45, 2.75) is 6.04 Å². The van der Waals surface area contributed by atoms with Crippen molar-refractivity contribution < 1.29 is 13.9 Å². The summed E-state index contributed by atoms with van der Waals surface area (Å²) >= 11 is 0. The van der Waals surface area contributed by atoms with Crippen molar-refractivity contribution >= 4 is 0 Å². The van der Waals surface area contributed by atoms with Crippen LogP contribution >= 0.6 is 0 Å². The lowest BCUT2D eigenvalue weighted by molar-refractivity contribution is 0.385. The minimum atomic E-state index is -0.421. The average molecular weight is 277 g/mol. The zero-order valence-electron chi connectivity index (χ0n) is 11.3. The highest BCUT2D eigenvalue weighted by Gasteiger charge is 2.16. The van der Waals surface area contributed by atoms with Gasteiger partial charge in [0.15, 0.2) is 11.6 Å².